The summed E-state index contributed by atoms with van der Waals surface area (Å²) in [6.07, 6.45) is 12.2. The zero-order valence-electron chi connectivity index (χ0n) is 16.5. The van der Waals surface area contributed by atoms with Crippen molar-refractivity contribution in [2.75, 3.05) is 18.0 Å². The van der Waals surface area contributed by atoms with E-state index in [4.69, 9.17) is 5.26 Å². The molecule has 29 heavy (non-hydrogen) atoms. The second-order valence-electron chi connectivity index (χ2n) is 8.73. The summed E-state index contributed by atoms with van der Waals surface area (Å²) in [5.74, 6) is 1.29. The summed E-state index contributed by atoms with van der Waals surface area (Å²) in [4.78, 5) is 9.85. The van der Waals surface area contributed by atoms with Crippen LogP contribution in [0.4, 0.5) is 5.82 Å². The third-order valence-corrected chi connectivity index (χ3v) is 6.98. The summed E-state index contributed by atoms with van der Waals surface area (Å²) < 4.78 is 3.75. The maximum Gasteiger partial charge on any atom is 0.156 e. The van der Waals surface area contributed by atoms with Crippen LogP contribution in [0.3, 0.4) is 0 Å². The Kier molecular flexibility index (Phi) is 3.68. The van der Waals surface area contributed by atoms with E-state index >= 15 is 0 Å². The summed E-state index contributed by atoms with van der Waals surface area (Å²) in [6.45, 7) is 2.01. The molecular weight excluding hydrogens is 364 g/mol. The Balaban J connectivity index is 1.28. The maximum atomic E-state index is 9.13. The summed E-state index contributed by atoms with van der Waals surface area (Å²) in [5.41, 5.74) is 3.25. The van der Waals surface area contributed by atoms with Gasteiger partial charge in [-0.1, -0.05) is 0 Å². The van der Waals surface area contributed by atoms with Crippen LogP contribution in [0.1, 0.15) is 25.7 Å². The first-order valence-corrected chi connectivity index (χ1v) is 10.4. The van der Waals surface area contributed by atoms with Gasteiger partial charge in [-0.2, -0.15) is 15.5 Å². The number of hydrogen-bond donors (Lipinski definition) is 0. The molecule has 6 rings (SSSR count). The van der Waals surface area contributed by atoms with Gasteiger partial charge in [0.2, 0.25) is 0 Å². The molecule has 8 heteroatoms. The van der Waals surface area contributed by atoms with Crippen molar-refractivity contribution < 1.29 is 0 Å². The van der Waals surface area contributed by atoms with Crippen LogP contribution >= 0.6 is 0 Å². The fraction of sp³-hybridized carbons (Fsp3) is 0.524. The van der Waals surface area contributed by atoms with Gasteiger partial charge in [0.25, 0.3) is 0 Å². The highest BCUT2D eigenvalue weighted by Crippen LogP contribution is 2.41. The number of nitrogens with zero attached hydrogens (tertiary/aromatic N) is 8. The molecule has 3 fully saturated rings. The zero-order valence-corrected chi connectivity index (χ0v) is 16.5. The highest BCUT2D eigenvalue weighted by molar-refractivity contribution is 5.77. The first-order valence-electron chi connectivity index (χ1n) is 10.4. The van der Waals surface area contributed by atoms with E-state index in [-0.39, 0.29) is 5.92 Å². The number of aryl methyl sites for hydroxylation is 1. The van der Waals surface area contributed by atoms with E-state index in [2.05, 4.69) is 43.3 Å². The molecule has 2 bridgehead atoms. The predicted octanol–water partition coefficient (Wildman–Crippen LogP) is 2.08. The van der Waals surface area contributed by atoms with Crippen LogP contribution in [-0.2, 0) is 7.05 Å². The van der Waals surface area contributed by atoms with Gasteiger partial charge in [-0.25, -0.2) is 9.50 Å². The van der Waals surface area contributed by atoms with Gasteiger partial charge in [-0.15, -0.1) is 0 Å². The van der Waals surface area contributed by atoms with Crippen molar-refractivity contribution >= 4 is 11.3 Å². The molecule has 2 atom stereocenters. The molecule has 0 radical (unpaired) electrons. The second-order valence-corrected chi connectivity index (χ2v) is 8.73. The first-order chi connectivity index (χ1) is 14.2. The smallest absolute Gasteiger partial charge is 0.156 e. The molecule has 3 aliphatic rings. The lowest BCUT2D eigenvalue weighted by Gasteiger charge is -2.49. The molecule has 3 aromatic rings. The molecule has 0 N–H and O–H groups in total. The van der Waals surface area contributed by atoms with Crippen molar-refractivity contribution in [3.05, 3.63) is 31.0 Å². The zero-order chi connectivity index (χ0) is 19.5. The quantitative estimate of drug-likeness (QED) is 0.684. The minimum Gasteiger partial charge on any atom is -0.352 e. The topological polar surface area (TPSA) is 78.3 Å². The van der Waals surface area contributed by atoms with Crippen molar-refractivity contribution in [2.45, 2.75) is 43.8 Å². The third-order valence-electron chi connectivity index (χ3n) is 6.98. The van der Waals surface area contributed by atoms with Crippen LogP contribution in [0.5, 0.6) is 0 Å². The largest absolute Gasteiger partial charge is 0.352 e. The van der Waals surface area contributed by atoms with Crippen LogP contribution in [0.2, 0.25) is 0 Å². The molecule has 1 aliphatic carbocycles. The lowest BCUT2D eigenvalue weighted by atomic mass is 9.79. The summed E-state index contributed by atoms with van der Waals surface area (Å²) in [5, 5.41) is 17.9. The lowest BCUT2D eigenvalue weighted by molar-refractivity contribution is 0.0437. The molecule has 2 unspecified atom stereocenters. The standard InChI is InChI=1S/C21H24N8/c1-26-9-16(8-24-26)15-6-20-21(23-13-25-28(20)10-15)27-11-17-2-3-18(12-27)29(17)19-4-14(5-19)7-22/h6,8-10,13-14,17-19H,2-5,11-12H2,1H3. The van der Waals surface area contributed by atoms with E-state index in [1.54, 1.807) is 6.33 Å². The summed E-state index contributed by atoms with van der Waals surface area (Å²) in [6, 6.07) is 6.35. The Bertz CT molecular complexity index is 1090. The molecule has 0 spiro atoms. The van der Waals surface area contributed by atoms with Gasteiger partial charge in [-0.05, 0) is 31.7 Å². The lowest BCUT2D eigenvalue weighted by Crippen LogP contribution is -2.60. The molecule has 8 nitrogen and oxygen atoms in total. The van der Waals surface area contributed by atoms with Crippen LogP contribution in [0.25, 0.3) is 16.6 Å². The van der Waals surface area contributed by atoms with Crippen LogP contribution < -0.4 is 4.90 Å². The van der Waals surface area contributed by atoms with Crippen molar-refractivity contribution in [3.63, 3.8) is 0 Å². The average molecular weight is 388 g/mol. The van der Waals surface area contributed by atoms with E-state index in [1.807, 2.05) is 28.6 Å². The number of nitriles is 1. The molecule has 148 valence electrons. The van der Waals surface area contributed by atoms with Crippen molar-refractivity contribution in [1.29, 1.82) is 5.26 Å². The fourth-order valence-electron chi connectivity index (χ4n) is 5.53. The van der Waals surface area contributed by atoms with Gasteiger partial charge in [0.05, 0.1) is 12.3 Å². The SMILES string of the molecule is Cn1cc(-c2cc3c(N4CC5CCC(C4)N5C4CC(C#N)C4)ncnn3c2)cn1. The molecular formula is C21H24N8. The van der Waals surface area contributed by atoms with Gasteiger partial charge in [0.15, 0.2) is 5.82 Å². The fourth-order valence-corrected chi connectivity index (χ4v) is 5.53. The van der Waals surface area contributed by atoms with E-state index in [0.717, 1.165) is 48.4 Å². The van der Waals surface area contributed by atoms with E-state index in [9.17, 15) is 0 Å². The van der Waals surface area contributed by atoms with E-state index in [0.29, 0.717) is 18.1 Å². The van der Waals surface area contributed by atoms with E-state index in [1.165, 1.54) is 12.8 Å². The first kappa shape index (κ1) is 17.0. The number of hydrogen-bond acceptors (Lipinski definition) is 6. The van der Waals surface area contributed by atoms with Crippen molar-refractivity contribution in [2.24, 2.45) is 13.0 Å². The van der Waals surface area contributed by atoms with Crippen molar-refractivity contribution in [3.8, 4) is 17.2 Å². The van der Waals surface area contributed by atoms with Crippen LogP contribution in [0, 0.1) is 17.2 Å². The number of rotatable bonds is 3. The van der Waals surface area contributed by atoms with Gasteiger partial charge in [-0.3, -0.25) is 9.58 Å². The van der Waals surface area contributed by atoms with Crippen molar-refractivity contribution in [1.82, 2.24) is 29.3 Å². The van der Waals surface area contributed by atoms with Gasteiger partial charge in [0, 0.05) is 67.7 Å². The number of fused-ring (bicyclic) bond motifs is 3. The highest BCUT2D eigenvalue weighted by Gasteiger charge is 2.47. The average Bonchev–Trinajstić information content (AvgIpc) is 3.37. The van der Waals surface area contributed by atoms with Gasteiger partial charge in [0.1, 0.15) is 11.8 Å². The highest BCUT2D eigenvalue weighted by atomic mass is 15.4. The summed E-state index contributed by atoms with van der Waals surface area (Å²) in [7, 11) is 1.93. The Hall–Kier alpha value is -2.92. The number of aromatic nitrogens is 5. The monoisotopic (exact) mass is 388 g/mol. The Morgan fingerprint density at radius 3 is 2.52 bits per heavy atom. The number of anilines is 1. The Morgan fingerprint density at radius 1 is 1.03 bits per heavy atom. The van der Waals surface area contributed by atoms with Gasteiger partial charge < -0.3 is 4.90 Å². The second kappa shape index (κ2) is 6.29. The molecule has 0 amide bonds. The minimum atomic E-state index is 0.269. The molecule has 0 aromatic carbocycles. The Labute approximate surface area is 169 Å². The molecule has 3 aromatic heterocycles. The van der Waals surface area contributed by atoms with Crippen LogP contribution in [0.15, 0.2) is 31.0 Å². The van der Waals surface area contributed by atoms with E-state index < -0.39 is 0 Å². The molecule has 2 saturated heterocycles. The van der Waals surface area contributed by atoms with Gasteiger partial charge >= 0.3 is 0 Å². The molecule has 1 saturated carbocycles. The predicted molar refractivity (Wildman–Crippen MR) is 108 cm³/mol. The van der Waals surface area contributed by atoms with Crippen LogP contribution in [-0.4, -0.2) is 60.5 Å². The third kappa shape index (κ3) is 2.64. The Morgan fingerprint density at radius 2 is 1.83 bits per heavy atom. The summed E-state index contributed by atoms with van der Waals surface area (Å²) >= 11 is 0. The maximum absolute atomic E-state index is 9.13. The number of piperazine rings is 1. The molecule has 5 heterocycles. The minimum absolute atomic E-state index is 0.269. The normalized spacial score (nSPS) is 29.2. The molecule has 2 aliphatic heterocycles.